The number of hydrogen-bond acceptors (Lipinski definition) is 4. The normalized spacial score (nSPS) is 24.8. The van der Waals surface area contributed by atoms with Crippen LogP contribution in [-0.4, -0.2) is 22.3 Å². The van der Waals surface area contributed by atoms with Crippen LogP contribution >= 0.6 is 0 Å². The lowest BCUT2D eigenvalue weighted by Crippen LogP contribution is -2.48. The molecule has 2 aromatic rings. The maximum absolute atomic E-state index is 13.5. The molecule has 0 fully saturated rings. The van der Waals surface area contributed by atoms with Crippen LogP contribution in [0.4, 0.5) is 10.1 Å². The maximum Gasteiger partial charge on any atom is 0.158 e. The smallest absolute Gasteiger partial charge is 0.158 e. The van der Waals surface area contributed by atoms with Crippen LogP contribution in [0.15, 0.2) is 65.9 Å². The number of nitrogens with one attached hydrogen (secondary N) is 1. The molecule has 1 aliphatic rings. The van der Waals surface area contributed by atoms with Crippen LogP contribution in [0.3, 0.4) is 0 Å². The Hall–Kier alpha value is -2.79. The number of carbonyl (C=O) groups is 2. The van der Waals surface area contributed by atoms with Crippen molar-refractivity contribution in [2.24, 2.45) is 5.92 Å². The van der Waals surface area contributed by atoms with E-state index in [0.29, 0.717) is 16.8 Å². The van der Waals surface area contributed by atoms with Crippen LogP contribution in [0.2, 0.25) is 0 Å². The van der Waals surface area contributed by atoms with Crippen molar-refractivity contribution < 1.29 is 19.1 Å². The summed E-state index contributed by atoms with van der Waals surface area (Å²) >= 11 is 0. The minimum atomic E-state index is -1.36. The number of hydrogen-bond donors (Lipinski definition) is 2. The van der Waals surface area contributed by atoms with E-state index >= 15 is 0 Å². The van der Waals surface area contributed by atoms with Gasteiger partial charge in [0, 0.05) is 29.3 Å². The first-order chi connectivity index (χ1) is 13.2. The Bertz CT molecular complexity index is 917. The van der Waals surface area contributed by atoms with Crippen molar-refractivity contribution in [3.63, 3.8) is 0 Å². The van der Waals surface area contributed by atoms with Crippen LogP contribution in [0.1, 0.15) is 38.7 Å². The van der Waals surface area contributed by atoms with Crippen LogP contribution in [0, 0.1) is 11.7 Å². The summed E-state index contributed by atoms with van der Waals surface area (Å²) in [7, 11) is 0. The third-order valence-electron chi connectivity index (χ3n) is 5.29. The Balaban J connectivity index is 2.21. The van der Waals surface area contributed by atoms with Gasteiger partial charge in [-0.25, -0.2) is 4.39 Å². The molecule has 28 heavy (non-hydrogen) atoms. The molecule has 5 heteroatoms. The molecule has 2 aromatic carbocycles. The molecule has 146 valence electrons. The zero-order chi connectivity index (χ0) is 20.5. The molecular weight excluding hydrogens is 357 g/mol. The Morgan fingerprint density at radius 1 is 1.07 bits per heavy atom. The largest absolute Gasteiger partial charge is 0.389 e. The summed E-state index contributed by atoms with van der Waals surface area (Å²) in [5, 5.41) is 14.4. The molecule has 0 aliphatic heterocycles. The van der Waals surface area contributed by atoms with Gasteiger partial charge in [-0.15, -0.1) is 0 Å². The first kappa shape index (κ1) is 20.0. The highest BCUT2D eigenvalue weighted by atomic mass is 19.1. The number of carbonyl (C=O) groups excluding carboxylic acids is 2. The molecule has 0 heterocycles. The zero-order valence-corrected chi connectivity index (χ0v) is 16.2. The summed E-state index contributed by atoms with van der Waals surface area (Å²) in [6.45, 7) is 4.48. The van der Waals surface area contributed by atoms with E-state index in [2.05, 4.69) is 5.32 Å². The molecule has 0 radical (unpaired) electrons. The summed E-state index contributed by atoms with van der Waals surface area (Å²) in [5.41, 5.74) is 1.07. The standard InChI is InChI=1S/C23H24FNO3/c1-14(26)20-19(25-18-7-5-4-6-8-18)13-23(3,28)22(15(2)27)21(20)16-9-11-17(24)12-10-16/h4-12,21-22,25,28H,13H2,1-3H3/t21-,22+,23-/m1/s1. The lowest BCUT2D eigenvalue weighted by atomic mass is 9.64. The van der Waals surface area contributed by atoms with Crippen molar-refractivity contribution in [3.8, 4) is 0 Å². The number of halogens is 1. The van der Waals surface area contributed by atoms with E-state index in [4.69, 9.17) is 0 Å². The molecule has 0 aromatic heterocycles. The third kappa shape index (κ3) is 3.90. The van der Waals surface area contributed by atoms with Gasteiger partial charge in [-0.2, -0.15) is 0 Å². The predicted octanol–water partition coefficient (Wildman–Crippen LogP) is 4.22. The van der Waals surface area contributed by atoms with E-state index in [0.717, 1.165) is 5.69 Å². The highest BCUT2D eigenvalue weighted by molar-refractivity contribution is 5.98. The van der Waals surface area contributed by atoms with E-state index in [-0.39, 0.29) is 18.0 Å². The highest BCUT2D eigenvalue weighted by Gasteiger charge is 2.49. The van der Waals surface area contributed by atoms with Gasteiger partial charge in [-0.3, -0.25) is 9.59 Å². The van der Waals surface area contributed by atoms with Crippen molar-refractivity contribution in [1.29, 1.82) is 0 Å². The molecule has 0 spiro atoms. The minimum absolute atomic E-state index is 0.138. The Morgan fingerprint density at radius 3 is 2.21 bits per heavy atom. The maximum atomic E-state index is 13.5. The summed E-state index contributed by atoms with van der Waals surface area (Å²) in [6.07, 6.45) is 0.138. The molecule has 0 bridgehead atoms. The van der Waals surface area contributed by atoms with Crippen LogP contribution in [0.25, 0.3) is 0 Å². The quantitative estimate of drug-likeness (QED) is 0.814. The van der Waals surface area contributed by atoms with Gasteiger partial charge in [0.1, 0.15) is 11.6 Å². The first-order valence-electron chi connectivity index (χ1n) is 9.25. The molecule has 0 saturated heterocycles. The second-order valence-electron chi connectivity index (χ2n) is 7.59. The molecule has 2 N–H and O–H groups in total. The Morgan fingerprint density at radius 2 is 1.68 bits per heavy atom. The number of allylic oxidation sites excluding steroid dienone is 1. The van der Waals surface area contributed by atoms with E-state index in [1.807, 2.05) is 30.3 Å². The second-order valence-corrected chi connectivity index (χ2v) is 7.59. The zero-order valence-electron chi connectivity index (χ0n) is 16.2. The van der Waals surface area contributed by atoms with Gasteiger partial charge in [0.2, 0.25) is 0 Å². The van der Waals surface area contributed by atoms with Gasteiger partial charge < -0.3 is 10.4 Å². The average molecular weight is 381 g/mol. The number of anilines is 1. The molecular formula is C23H24FNO3. The minimum Gasteiger partial charge on any atom is -0.389 e. The van der Waals surface area contributed by atoms with Gasteiger partial charge in [-0.05, 0) is 50.6 Å². The highest BCUT2D eigenvalue weighted by Crippen LogP contribution is 2.47. The molecule has 4 nitrogen and oxygen atoms in total. The molecule has 3 rings (SSSR count). The number of para-hydroxylation sites is 1. The Kier molecular flexibility index (Phi) is 5.47. The topological polar surface area (TPSA) is 66.4 Å². The first-order valence-corrected chi connectivity index (χ1v) is 9.25. The fourth-order valence-electron chi connectivity index (χ4n) is 4.22. The van der Waals surface area contributed by atoms with Crippen molar-refractivity contribution in [2.75, 3.05) is 5.32 Å². The van der Waals surface area contributed by atoms with Crippen molar-refractivity contribution >= 4 is 17.3 Å². The van der Waals surface area contributed by atoms with E-state index in [1.165, 1.54) is 26.0 Å². The monoisotopic (exact) mass is 381 g/mol. The van der Waals surface area contributed by atoms with Gasteiger partial charge in [0.05, 0.1) is 11.5 Å². The third-order valence-corrected chi connectivity index (χ3v) is 5.29. The van der Waals surface area contributed by atoms with Crippen molar-refractivity contribution in [2.45, 2.75) is 38.7 Å². The molecule has 0 amide bonds. The number of aliphatic hydroxyl groups is 1. The summed E-state index contributed by atoms with van der Waals surface area (Å²) in [6, 6.07) is 15.1. The van der Waals surface area contributed by atoms with E-state index < -0.39 is 23.3 Å². The number of rotatable bonds is 5. The predicted molar refractivity (Wildman–Crippen MR) is 106 cm³/mol. The number of ketones is 2. The second kappa shape index (κ2) is 7.68. The lowest BCUT2D eigenvalue weighted by Gasteiger charge is -2.43. The van der Waals surface area contributed by atoms with Gasteiger partial charge >= 0.3 is 0 Å². The molecule has 3 atom stereocenters. The van der Waals surface area contributed by atoms with Crippen LogP contribution in [0.5, 0.6) is 0 Å². The number of Topliss-reactive ketones (excluding diaryl/α,β-unsaturated/α-hetero) is 2. The SMILES string of the molecule is CC(=O)C1=C(Nc2ccccc2)C[C@@](C)(O)[C@@H](C(C)=O)[C@@H]1c1ccc(F)cc1. The van der Waals surface area contributed by atoms with E-state index in [9.17, 15) is 19.1 Å². The van der Waals surface area contributed by atoms with Crippen LogP contribution < -0.4 is 5.32 Å². The van der Waals surface area contributed by atoms with Gasteiger partial charge in [0.15, 0.2) is 5.78 Å². The fourth-order valence-corrected chi connectivity index (χ4v) is 4.22. The lowest BCUT2D eigenvalue weighted by molar-refractivity contribution is -0.131. The van der Waals surface area contributed by atoms with Crippen molar-refractivity contribution in [1.82, 2.24) is 0 Å². The summed E-state index contributed by atoms with van der Waals surface area (Å²) in [5.74, 6) is -2.27. The fraction of sp³-hybridized carbons (Fsp3) is 0.304. The summed E-state index contributed by atoms with van der Waals surface area (Å²) < 4.78 is 13.5. The molecule has 0 unspecified atom stereocenters. The number of benzene rings is 2. The molecule has 1 aliphatic carbocycles. The average Bonchev–Trinajstić information content (AvgIpc) is 2.61. The van der Waals surface area contributed by atoms with Crippen LogP contribution in [-0.2, 0) is 9.59 Å². The van der Waals surface area contributed by atoms with Crippen molar-refractivity contribution in [3.05, 3.63) is 77.2 Å². The molecule has 0 saturated carbocycles. The van der Waals surface area contributed by atoms with E-state index in [1.54, 1.807) is 19.1 Å². The van der Waals surface area contributed by atoms with Gasteiger partial charge in [-0.1, -0.05) is 30.3 Å². The summed E-state index contributed by atoms with van der Waals surface area (Å²) in [4.78, 5) is 25.2. The Labute approximate surface area is 164 Å². The van der Waals surface area contributed by atoms with Gasteiger partial charge in [0.25, 0.3) is 0 Å².